The molecule has 0 aliphatic carbocycles. The Kier molecular flexibility index (Phi) is 7.96. The van der Waals surface area contributed by atoms with Crippen molar-refractivity contribution in [1.29, 1.82) is 0 Å². The van der Waals surface area contributed by atoms with Crippen molar-refractivity contribution in [3.8, 4) is 5.75 Å². The number of methoxy groups -OCH3 is 1. The Morgan fingerprint density at radius 1 is 1.19 bits per heavy atom. The van der Waals surface area contributed by atoms with Crippen LogP contribution in [0.3, 0.4) is 0 Å². The number of carbonyl (C=O) groups is 1. The third-order valence-corrected chi connectivity index (χ3v) is 8.28. The summed E-state index contributed by atoms with van der Waals surface area (Å²) in [6.45, 7) is 2.63. The van der Waals surface area contributed by atoms with Crippen LogP contribution in [-0.4, -0.2) is 43.8 Å². The number of carbonyl (C=O) groups excluding carboxylic acids is 1. The number of benzene rings is 2. The maximum atomic E-state index is 12.5. The van der Waals surface area contributed by atoms with E-state index in [0.717, 1.165) is 33.8 Å². The highest BCUT2D eigenvalue weighted by Crippen LogP contribution is 2.23. The van der Waals surface area contributed by atoms with Crippen molar-refractivity contribution in [2.24, 2.45) is 4.99 Å². The second kappa shape index (κ2) is 10.5. The summed E-state index contributed by atoms with van der Waals surface area (Å²) in [4.78, 5) is 17.7. The summed E-state index contributed by atoms with van der Waals surface area (Å²) in [6, 6.07) is 12.6. The Bertz CT molecular complexity index is 1230. The zero-order chi connectivity index (χ0) is 22.4. The molecule has 0 saturated heterocycles. The maximum absolute atomic E-state index is 12.5. The first kappa shape index (κ1) is 23.6. The predicted molar refractivity (Wildman–Crippen MR) is 128 cm³/mol. The summed E-state index contributed by atoms with van der Waals surface area (Å²) in [5.41, 5.74) is 1.98. The van der Waals surface area contributed by atoms with Crippen molar-refractivity contribution >= 4 is 49.1 Å². The lowest BCUT2D eigenvalue weighted by molar-refractivity contribution is -0.118. The minimum Gasteiger partial charge on any atom is -0.497 e. The Labute approximate surface area is 190 Å². The van der Waals surface area contributed by atoms with Crippen LogP contribution in [0.15, 0.2) is 52.4 Å². The lowest BCUT2D eigenvalue weighted by atomic mass is 10.2. The number of thiazole rings is 1. The van der Waals surface area contributed by atoms with Gasteiger partial charge >= 0.3 is 0 Å². The van der Waals surface area contributed by atoms with Gasteiger partial charge in [0.25, 0.3) is 0 Å². The SMILES string of the molecule is COc1ccc2sc(=NC(=O)CCCS(=O)(=O)c3ccc(C)cc3)n(CCSC)c2c1. The van der Waals surface area contributed by atoms with Crippen LogP contribution in [0.1, 0.15) is 18.4 Å². The van der Waals surface area contributed by atoms with E-state index in [1.807, 2.05) is 35.9 Å². The monoisotopic (exact) mass is 478 g/mol. The van der Waals surface area contributed by atoms with Gasteiger partial charge in [0.1, 0.15) is 5.75 Å². The van der Waals surface area contributed by atoms with Crippen LogP contribution in [0.25, 0.3) is 10.2 Å². The van der Waals surface area contributed by atoms with Gasteiger partial charge in [-0.2, -0.15) is 16.8 Å². The lowest BCUT2D eigenvalue weighted by Gasteiger charge is -2.05. The van der Waals surface area contributed by atoms with E-state index in [9.17, 15) is 13.2 Å². The topological polar surface area (TPSA) is 77.7 Å². The molecule has 1 aromatic heterocycles. The first-order valence-corrected chi connectivity index (χ1v) is 13.7. The van der Waals surface area contributed by atoms with Crippen molar-refractivity contribution < 1.29 is 17.9 Å². The normalized spacial score (nSPS) is 12.4. The van der Waals surface area contributed by atoms with Crippen LogP contribution in [0, 0.1) is 6.92 Å². The average molecular weight is 479 g/mol. The molecule has 0 fully saturated rings. The summed E-state index contributed by atoms with van der Waals surface area (Å²) in [5.74, 6) is 1.25. The molecule has 1 heterocycles. The molecule has 166 valence electrons. The summed E-state index contributed by atoms with van der Waals surface area (Å²) in [7, 11) is -1.78. The zero-order valence-corrected chi connectivity index (χ0v) is 20.3. The number of fused-ring (bicyclic) bond motifs is 1. The van der Waals surface area contributed by atoms with Crippen molar-refractivity contribution in [1.82, 2.24) is 4.57 Å². The summed E-state index contributed by atoms with van der Waals surface area (Å²) >= 11 is 3.17. The quantitative estimate of drug-likeness (QED) is 0.463. The van der Waals surface area contributed by atoms with E-state index in [-0.39, 0.29) is 29.4 Å². The van der Waals surface area contributed by atoms with Crippen LogP contribution in [0.2, 0.25) is 0 Å². The molecule has 0 unspecified atom stereocenters. The highest BCUT2D eigenvalue weighted by Gasteiger charge is 2.15. The van der Waals surface area contributed by atoms with Gasteiger partial charge in [-0.15, -0.1) is 0 Å². The number of aromatic nitrogens is 1. The molecule has 0 N–H and O–H groups in total. The van der Waals surface area contributed by atoms with Gasteiger partial charge in [0.15, 0.2) is 14.6 Å². The van der Waals surface area contributed by atoms with Gasteiger partial charge < -0.3 is 9.30 Å². The molecule has 0 atom stereocenters. The van der Waals surface area contributed by atoms with E-state index in [0.29, 0.717) is 4.80 Å². The van der Waals surface area contributed by atoms with Crippen LogP contribution in [-0.2, 0) is 21.2 Å². The molecule has 0 spiro atoms. The fourth-order valence-corrected chi connectivity index (χ4v) is 5.83. The van der Waals surface area contributed by atoms with Crippen molar-refractivity contribution in [3.63, 3.8) is 0 Å². The third-order valence-electron chi connectivity index (χ3n) is 4.81. The molecule has 0 saturated carbocycles. The van der Waals surface area contributed by atoms with E-state index < -0.39 is 9.84 Å². The van der Waals surface area contributed by atoms with Gasteiger partial charge in [0, 0.05) is 24.8 Å². The van der Waals surface area contributed by atoms with E-state index in [2.05, 4.69) is 4.99 Å². The Morgan fingerprint density at radius 2 is 1.94 bits per heavy atom. The van der Waals surface area contributed by atoms with Crippen LogP contribution < -0.4 is 9.54 Å². The Morgan fingerprint density at radius 3 is 2.61 bits per heavy atom. The molecule has 0 aliphatic rings. The minimum atomic E-state index is -3.41. The lowest BCUT2D eigenvalue weighted by Crippen LogP contribution is -2.18. The Balaban J connectivity index is 1.76. The number of amides is 1. The standard InChI is InChI=1S/C22H26N2O4S3/c1-16-6-9-18(10-7-16)31(26,27)14-4-5-21(25)23-22-24(12-13-29-3)19-15-17(28-2)8-11-20(19)30-22/h6-11,15H,4-5,12-14H2,1-3H3. The molecule has 0 bridgehead atoms. The summed E-state index contributed by atoms with van der Waals surface area (Å²) < 4.78 is 33.3. The minimum absolute atomic E-state index is 0.0760. The van der Waals surface area contributed by atoms with Crippen LogP contribution in [0.5, 0.6) is 5.75 Å². The summed E-state index contributed by atoms with van der Waals surface area (Å²) in [5, 5.41) is 0. The third kappa shape index (κ3) is 5.99. The molecule has 31 heavy (non-hydrogen) atoms. The molecule has 0 aliphatic heterocycles. The first-order valence-electron chi connectivity index (χ1n) is 9.87. The van der Waals surface area contributed by atoms with Gasteiger partial charge in [0.05, 0.1) is 28.0 Å². The van der Waals surface area contributed by atoms with Crippen LogP contribution >= 0.6 is 23.1 Å². The number of hydrogen-bond acceptors (Lipinski definition) is 6. The fraction of sp³-hybridized carbons (Fsp3) is 0.364. The molecule has 3 aromatic rings. The van der Waals surface area contributed by atoms with Gasteiger partial charge in [0.2, 0.25) is 5.91 Å². The number of nitrogens with zero attached hydrogens (tertiary/aromatic N) is 2. The Hall–Kier alpha value is -2.10. The molecule has 6 nitrogen and oxygen atoms in total. The number of aryl methyl sites for hydroxylation is 2. The number of ether oxygens (including phenoxy) is 1. The number of thioether (sulfide) groups is 1. The van der Waals surface area contributed by atoms with Crippen molar-refractivity contribution in [3.05, 3.63) is 52.8 Å². The van der Waals surface area contributed by atoms with Gasteiger partial charge in [-0.3, -0.25) is 4.79 Å². The molecule has 3 rings (SSSR count). The van der Waals surface area contributed by atoms with Gasteiger partial charge in [-0.1, -0.05) is 29.0 Å². The number of sulfone groups is 1. The molecule has 9 heteroatoms. The van der Waals surface area contributed by atoms with Crippen molar-refractivity contribution in [2.45, 2.75) is 31.2 Å². The molecule has 0 radical (unpaired) electrons. The summed E-state index contributed by atoms with van der Waals surface area (Å²) in [6.07, 6.45) is 2.36. The van der Waals surface area contributed by atoms with E-state index in [1.165, 1.54) is 11.3 Å². The largest absolute Gasteiger partial charge is 0.497 e. The van der Waals surface area contributed by atoms with E-state index in [1.54, 1.807) is 43.1 Å². The average Bonchev–Trinajstić information content (AvgIpc) is 3.08. The highest BCUT2D eigenvalue weighted by atomic mass is 32.2. The molecular formula is C22H26N2O4S3. The second-order valence-electron chi connectivity index (χ2n) is 7.10. The molecule has 1 amide bonds. The zero-order valence-electron chi connectivity index (χ0n) is 17.8. The maximum Gasteiger partial charge on any atom is 0.248 e. The smallest absolute Gasteiger partial charge is 0.248 e. The molecule has 2 aromatic carbocycles. The van der Waals surface area contributed by atoms with Gasteiger partial charge in [-0.25, -0.2) is 8.42 Å². The van der Waals surface area contributed by atoms with Crippen LogP contribution in [0.4, 0.5) is 0 Å². The van der Waals surface area contributed by atoms with E-state index in [4.69, 9.17) is 4.74 Å². The van der Waals surface area contributed by atoms with E-state index >= 15 is 0 Å². The first-order chi connectivity index (χ1) is 14.8. The number of hydrogen-bond donors (Lipinski definition) is 0. The number of rotatable bonds is 9. The highest BCUT2D eigenvalue weighted by molar-refractivity contribution is 7.98. The second-order valence-corrected chi connectivity index (χ2v) is 11.2. The van der Waals surface area contributed by atoms with Crippen molar-refractivity contribution in [2.75, 3.05) is 24.9 Å². The predicted octanol–water partition coefficient (Wildman–Crippen LogP) is 4.06. The van der Waals surface area contributed by atoms with Gasteiger partial charge in [-0.05, 0) is 43.9 Å². The fourth-order valence-electron chi connectivity index (χ4n) is 3.10. The molecular weight excluding hydrogens is 452 g/mol.